The second-order valence-electron chi connectivity index (χ2n) is 3.94. The lowest BCUT2D eigenvalue weighted by atomic mass is 10.1. The summed E-state index contributed by atoms with van der Waals surface area (Å²) < 4.78 is 0. The van der Waals surface area contributed by atoms with Gasteiger partial charge in [-0.25, -0.2) is 0 Å². The van der Waals surface area contributed by atoms with Gasteiger partial charge in [-0.2, -0.15) is 0 Å². The first-order valence-corrected chi connectivity index (χ1v) is 4.93. The van der Waals surface area contributed by atoms with Gasteiger partial charge in [-0.3, -0.25) is 14.5 Å². The highest BCUT2D eigenvalue weighted by atomic mass is 16.2. The summed E-state index contributed by atoms with van der Waals surface area (Å²) in [5, 5.41) is 3.22. The summed E-state index contributed by atoms with van der Waals surface area (Å²) in [5.41, 5.74) is 0.556. The van der Waals surface area contributed by atoms with E-state index in [0.29, 0.717) is 18.0 Å². The topological polar surface area (TPSA) is 49.4 Å². The van der Waals surface area contributed by atoms with Crippen LogP contribution in [-0.4, -0.2) is 36.3 Å². The Morgan fingerprint density at radius 1 is 1.57 bits per heavy atom. The average molecular weight is 194 g/mol. The predicted octanol–water partition coefficient (Wildman–Crippen LogP) is -0.0890. The van der Waals surface area contributed by atoms with Gasteiger partial charge in [-0.1, -0.05) is 0 Å². The summed E-state index contributed by atoms with van der Waals surface area (Å²) in [7, 11) is 0. The number of hydrogen-bond acceptors (Lipinski definition) is 3. The minimum atomic E-state index is -0.153. The lowest BCUT2D eigenvalue weighted by Crippen LogP contribution is -2.36. The fourth-order valence-electron chi connectivity index (χ4n) is 1.94. The average Bonchev–Trinajstić information content (AvgIpc) is 2.71. The lowest BCUT2D eigenvalue weighted by Gasteiger charge is -2.18. The van der Waals surface area contributed by atoms with Gasteiger partial charge in [-0.05, 0) is 32.4 Å². The molecule has 1 N–H and O–H groups in total. The zero-order valence-corrected chi connectivity index (χ0v) is 8.25. The maximum atomic E-state index is 11.5. The molecule has 0 aromatic rings. The van der Waals surface area contributed by atoms with E-state index < -0.39 is 0 Å². The summed E-state index contributed by atoms with van der Waals surface area (Å²) >= 11 is 0. The molecule has 4 nitrogen and oxygen atoms in total. The molecule has 4 heteroatoms. The van der Waals surface area contributed by atoms with Crippen LogP contribution in [0.5, 0.6) is 0 Å². The summed E-state index contributed by atoms with van der Waals surface area (Å²) in [5.74, 6) is 0.156. The van der Waals surface area contributed by atoms with Crippen LogP contribution in [0.25, 0.3) is 0 Å². The third-order valence-corrected chi connectivity index (χ3v) is 2.79. The van der Waals surface area contributed by atoms with Crippen molar-refractivity contribution in [1.29, 1.82) is 0 Å². The van der Waals surface area contributed by atoms with Gasteiger partial charge in [0.1, 0.15) is 0 Å². The van der Waals surface area contributed by atoms with E-state index in [0.717, 1.165) is 19.5 Å². The fourth-order valence-corrected chi connectivity index (χ4v) is 1.94. The fraction of sp³-hybridized carbons (Fsp3) is 0.600. The van der Waals surface area contributed by atoms with Crippen LogP contribution < -0.4 is 5.32 Å². The molecule has 0 saturated carbocycles. The lowest BCUT2D eigenvalue weighted by molar-refractivity contribution is -0.137. The molecule has 1 unspecified atom stereocenters. The summed E-state index contributed by atoms with van der Waals surface area (Å²) in [6.45, 7) is 4.16. The number of imide groups is 1. The smallest absolute Gasteiger partial charge is 0.256 e. The van der Waals surface area contributed by atoms with Crippen LogP contribution in [0.15, 0.2) is 11.6 Å². The zero-order valence-electron chi connectivity index (χ0n) is 8.25. The second kappa shape index (κ2) is 3.53. The van der Waals surface area contributed by atoms with E-state index in [1.807, 2.05) is 0 Å². The van der Waals surface area contributed by atoms with Crippen molar-refractivity contribution in [2.45, 2.75) is 13.3 Å². The highest BCUT2D eigenvalue weighted by Gasteiger charge is 2.30. The van der Waals surface area contributed by atoms with E-state index in [1.165, 1.54) is 11.0 Å². The quantitative estimate of drug-likeness (QED) is 0.625. The standard InChI is InChI=1S/C10H14N2O2/c1-7-4-9(13)12(10(7)14)6-8-2-3-11-5-8/h4,8,11H,2-3,5-6H2,1H3. The monoisotopic (exact) mass is 194 g/mol. The summed E-state index contributed by atoms with van der Waals surface area (Å²) in [4.78, 5) is 24.3. The van der Waals surface area contributed by atoms with Crippen molar-refractivity contribution in [3.63, 3.8) is 0 Å². The largest absolute Gasteiger partial charge is 0.316 e. The number of rotatable bonds is 2. The minimum Gasteiger partial charge on any atom is -0.316 e. The van der Waals surface area contributed by atoms with Crippen molar-refractivity contribution in [2.75, 3.05) is 19.6 Å². The molecule has 2 aliphatic rings. The molecule has 0 spiro atoms. The zero-order chi connectivity index (χ0) is 10.1. The number of nitrogens with one attached hydrogen (secondary N) is 1. The molecule has 2 heterocycles. The highest BCUT2D eigenvalue weighted by Crippen LogP contribution is 2.16. The Balaban J connectivity index is 1.99. The molecule has 1 atom stereocenters. The van der Waals surface area contributed by atoms with Gasteiger partial charge in [0, 0.05) is 18.2 Å². The van der Waals surface area contributed by atoms with E-state index in [9.17, 15) is 9.59 Å². The number of carbonyl (C=O) groups excluding carboxylic acids is 2. The SMILES string of the molecule is CC1=CC(=O)N(CC2CCNC2)C1=O. The van der Waals surface area contributed by atoms with E-state index in [2.05, 4.69) is 5.32 Å². The molecule has 2 amide bonds. The predicted molar refractivity (Wildman–Crippen MR) is 51.5 cm³/mol. The van der Waals surface area contributed by atoms with E-state index in [-0.39, 0.29) is 11.8 Å². The Morgan fingerprint density at radius 3 is 2.86 bits per heavy atom. The number of carbonyl (C=O) groups is 2. The maximum Gasteiger partial charge on any atom is 0.256 e. The van der Waals surface area contributed by atoms with Crippen LogP contribution in [0.3, 0.4) is 0 Å². The van der Waals surface area contributed by atoms with Crippen LogP contribution >= 0.6 is 0 Å². The normalized spacial score (nSPS) is 27.4. The van der Waals surface area contributed by atoms with Crippen molar-refractivity contribution in [1.82, 2.24) is 10.2 Å². The molecule has 0 bridgehead atoms. The van der Waals surface area contributed by atoms with Crippen LogP contribution in [0, 0.1) is 5.92 Å². The molecule has 0 aromatic carbocycles. The van der Waals surface area contributed by atoms with Gasteiger partial charge in [0.05, 0.1) is 0 Å². The van der Waals surface area contributed by atoms with Crippen LogP contribution in [-0.2, 0) is 9.59 Å². The van der Waals surface area contributed by atoms with Gasteiger partial charge in [0.15, 0.2) is 0 Å². The van der Waals surface area contributed by atoms with Gasteiger partial charge < -0.3 is 5.32 Å². The third-order valence-electron chi connectivity index (χ3n) is 2.79. The number of nitrogens with zero attached hydrogens (tertiary/aromatic N) is 1. The first-order chi connectivity index (χ1) is 6.68. The van der Waals surface area contributed by atoms with Crippen molar-refractivity contribution in [3.8, 4) is 0 Å². The summed E-state index contributed by atoms with van der Waals surface area (Å²) in [6.07, 6.45) is 2.47. The molecule has 2 rings (SSSR count). The first-order valence-electron chi connectivity index (χ1n) is 4.93. The molecule has 0 aromatic heterocycles. The molecule has 1 saturated heterocycles. The van der Waals surface area contributed by atoms with Crippen molar-refractivity contribution < 1.29 is 9.59 Å². The van der Waals surface area contributed by atoms with Gasteiger partial charge in [-0.15, -0.1) is 0 Å². The van der Waals surface area contributed by atoms with Crippen molar-refractivity contribution >= 4 is 11.8 Å². The van der Waals surface area contributed by atoms with Gasteiger partial charge in [0.2, 0.25) is 0 Å². The Bertz CT molecular complexity index is 303. The van der Waals surface area contributed by atoms with Gasteiger partial charge in [0.25, 0.3) is 11.8 Å². The highest BCUT2D eigenvalue weighted by molar-refractivity contribution is 6.15. The van der Waals surface area contributed by atoms with Crippen molar-refractivity contribution in [2.24, 2.45) is 5.92 Å². The van der Waals surface area contributed by atoms with Crippen LogP contribution in [0.2, 0.25) is 0 Å². The Labute approximate surface area is 83.0 Å². The molecule has 76 valence electrons. The van der Waals surface area contributed by atoms with Crippen molar-refractivity contribution in [3.05, 3.63) is 11.6 Å². The first kappa shape index (κ1) is 9.40. The van der Waals surface area contributed by atoms with Gasteiger partial charge >= 0.3 is 0 Å². The maximum absolute atomic E-state index is 11.5. The van der Waals surface area contributed by atoms with E-state index >= 15 is 0 Å². The van der Waals surface area contributed by atoms with Crippen LogP contribution in [0.1, 0.15) is 13.3 Å². The number of hydrogen-bond donors (Lipinski definition) is 1. The third kappa shape index (κ3) is 1.57. The molecule has 0 radical (unpaired) electrons. The molecule has 1 fully saturated rings. The minimum absolute atomic E-state index is 0.123. The number of amides is 2. The molecule has 2 aliphatic heterocycles. The second-order valence-corrected chi connectivity index (χ2v) is 3.94. The van der Waals surface area contributed by atoms with E-state index in [1.54, 1.807) is 6.92 Å². The summed E-state index contributed by atoms with van der Waals surface area (Å²) in [6, 6.07) is 0. The molecule has 14 heavy (non-hydrogen) atoms. The Morgan fingerprint density at radius 2 is 2.36 bits per heavy atom. The molecule has 0 aliphatic carbocycles. The Kier molecular flexibility index (Phi) is 2.37. The molecular formula is C10H14N2O2. The Hall–Kier alpha value is -1.16. The van der Waals surface area contributed by atoms with E-state index in [4.69, 9.17) is 0 Å². The molecular weight excluding hydrogens is 180 g/mol. The van der Waals surface area contributed by atoms with Crippen LogP contribution in [0.4, 0.5) is 0 Å².